The van der Waals surface area contributed by atoms with E-state index in [9.17, 15) is 14.4 Å². The van der Waals surface area contributed by atoms with Crippen molar-refractivity contribution in [3.63, 3.8) is 0 Å². The standard InChI is InChI=1S/C32H44N4O5/c1-20-8-7-9-24(21(20)2)34-30(38)28-32-15-14-25(41-32)26(29(37)33-22-10-12-23(40-3)13-11-22)27(32)31(39)36(28)19-18-35-16-5-4-6-17-35/h10-15,20-21,24-28H,4-9,16-19H2,1-3H3,(H,33,37)(H,34,38)/t20?,21?,24?,25-,26?,27-,28?,32?/m0/s1. The Balaban J connectivity index is 1.26. The van der Waals surface area contributed by atoms with Gasteiger partial charge >= 0.3 is 0 Å². The Morgan fingerprint density at radius 1 is 1.02 bits per heavy atom. The largest absolute Gasteiger partial charge is 0.497 e. The Morgan fingerprint density at radius 3 is 2.51 bits per heavy atom. The first-order valence-electron chi connectivity index (χ1n) is 15.5. The Morgan fingerprint density at radius 2 is 1.78 bits per heavy atom. The van der Waals surface area contributed by atoms with E-state index in [2.05, 4.69) is 29.4 Å². The van der Waals surface area contributed by atoms with Gasteiger partial charge in [0.1, 0.15) is 17.4 Å². The fraction of sp³-hybridized carbons (Fsp3) is 0.656. The van der Waals surface area contributed by atoms with Gasteiger partial charge in [0.15, 0.2) is 0 Å². The third kappa shape index (κ3) is 5.05. The fourth-order valence-corrected chi connectivity index (χ4v) is 7.89. The van der Waals surface area contributed by atoms with Gasteiger partial charge in [-0.15, -0.1) is 0 Å². The quantitative estimate of drug-likeness (QED) is 0.471. The minimum atomic E-state index is -1.14. The van der Waals surface area contributed by atoms with Gasteiger partial charge in [-0.25, -0.2) is 0 Å². The van der Waals surface area contributed by atoms with E-state index in [1.54, 1.807) is 36.3 Å². The van der Waals surface area contributed by atoms with Crippen LogP contribution in [0.2, 0.25) is 0 Å². The molecular weight excluding hydrogens is 520 g/mol. The van der Waals surface area contributed by atoms with Crippen LogP contribution in [0.3, 0.4) is 0 Å². The number of ether oxygens (including phenoxy) is 2. The van der Waals surface area contributed by atoms with E-state index in [0.29, 0.717) is 36.4 Å². The lowest BCUT2D eigenvalue weighted by atomic mass is 9.73. The van der Waals surface area contributed by atoms with E-state index in [1.807, 2.05) is 12.2 Å². The van der Waals surface area contributed by atoms with Crippen molar-refractivity contribution in [2.75, 3.05) is 38.6 Å². The van der Waals surface area contributed by atoms with Crippen LogP contribution in [0.25, 0.3) is 0 Å². The van der Waals surface area contributed by atoms with Crippen LogP contribution in [-0.4, -0.2) is 84.6 Å². The van der Waals surface area contributed by atoms with Gasteiger partial charge in [0, 0.05) is 24.8 Å². The summed E-state index contributed by atoms with van der Waals surface area (Å²) in [4.78, 5) is 46.2. The smallest absolute Gasteiger partial charge is 0.246 e. The van der Waals surface area contributed by atoms with Crippen molar-refractivity contribution in [3.8, 4) is 5.75 Å². The van der Waals surface area contributed by atoms with Crippen LogP contribution in [0.15, 0.2) is 36.4 Å². The number of hydrogen-bond acceptors (Lipinski definition) is 6. The number of likely N-dealkylation sites (tertiary alicyclic amines) is 2. The summed E-state index contributed by atoms with van der Waals surface area (Å²) in [5.41, 5.74) is -0.516. The monoisotopic (exact) mass is 564 g/mol. The maximum atomic E-state index is 14.2. The molecule has 6 unspecified atom stereocenters. The summed E-state index contributed by atoms with van der Waals surface area (Å²) in [7, 11) is 1.59. The molecule has 41 heavy (non-hydrogen) atoms. The van der Waals surface area contributed by atoms with E-state index in [4.69, 9.17) is 9.47 Å². The molecule has 1 saturated carbocycles. The molecular formula is C32H44N4O5. The molecule has 4 fully saturated rings. The highest BCUT2D eigenvalue weighted by atomic mass is 16.5. The first kappa shape index (κ1) is 28.2. The summed E-state index contributed by atoms with van der Waals surface area (Å²) in [5.74, 6) is -0.449. The Labute approximate surface area is 243 Å². The third-order valence-corrected chi connectivity index (χ3v) is 10.4. The number of carbonyl (C=O) groups is 3. The Hall–Kier alpha value is -2.91. The lowest BCUT2D eigenvalue weighted by Crippen LogP contribution is -2.58. The maximum Gasteiger partial charge on any atom is 0.246 e. The van der Waals surface area contributed by atoms with E-state index in [1.165, 1.54) is 12.8 Å². The second-order valence-electron chi connectivity index (χ2n) is 12.7. The number of carbonyl (C=O) groups excluding carboxylic acids is 3. The van der Waals surface area contributed by atoms with Crippen molar-refractivity contribution in [1.29, 1.82) is 0 Å². The van der Waals surface area contributed by atoms with Crippen molar-refractivity contribution in [2.24, 2.45) is 23.7 Å². The number of anilines is 1. The van der Waals surface area contributed by atoms with Crippen LogP contribution < -0.4 is 15.4 Å². The molecule has 1 aliphatic carbocycles. The molecule has 2 bridgehead atoms. The first-order chi connectivity index (χ1) is 19.8. The van der Waals surface area contributed by atoms with Gasteiger partial charge in [0.05, 0.1) is 25.0 Å². The number of rotatable bonds is 8. The third-order valence-electron chi connectivity index (χ3n) is 10.4. The predicted octanol–water partition coefficient (Wildman–Crippen LogP) is 3.21. The molecule has 1 aromatic rings. The van der Waals surface area contributed by atoms with Gasteiger partial charge in [0.2, 0.25) is 17.7 Å². The van der Waals surface area contributed by atoms with Crippen molar-refractivity contribution in [2.45, 2.75) is 76.2 Å². The Bertz CT molecular complexity index is 1180. The molecule has 9 nitrogen and oxygen atoms in total. The van der Waals surface area contributed by atoms with E-state index < -0.39 is 29.6 Å². The molecule has 4 aliphatic heterocycles. The van der Waals surface area contributed by atoms with Crippen LogP contribution in [0.4, 0.5) is 5.69 Å². The number of fused-ring (bicyclic) bond motifs is 1. The molecule has 2 N–H and O–H groups in total. The van der Waals surface area contributed by atoms with Gasteiger partial charge in [0.25, 0.3) is 0 Å². The van der Waals surface area contributed by atoms with Crippen LogP contribution in [0.1, 0.15) is 52.4 Å². The van der Waals surface area contributed by atoms with Gasteiger partial charge in [-0.1, -0.05) is 45.3 Å². The number of methoxy groups -OCH3 is 1. The second-order valence-corrected chi connectivity index (χ2v) is 12.7. The van der Waals surface area contributed by atoms with E-state index in [-0.39, 0.29) is 23.8 Å². The van der Waals surface area contributed by atoms with Crippen molar-refractivity contribution >= 4 is 23.4 Å². The summed E-state index contributed by atoms with van der Waals surface area (Å²) < 4.78 is 11.8. The number of amides is 3. The number of hydrogen-bond donors (Lipinski definition) is 2. The van der Waals surface area contributed by atoms with Crippen LogP contribution in [-0.2, 0) is 19.1 Å². The molecule has 1 aromatic carbocycles. The van der Waals surface area contributed by atoms with Crippen molar-refractivity contribution in [3.05, 3.63) is 36.4 Å². The Kier molecular flexibility index (Phi) is 7.85. The van der Waals surface area contributed by atoms with Crippen LogP contribution in [0, 0.1) is 23.7 Å². The summed E-state index contributed by atoms with van der Waals surface area (Å²) in [5, 5.41) is 6.32. The normalized spacial score (nSPS) is 36.3. The van der Waals surface area contributed by atoms with Gasteiger partial charge in [-0.2, -0.15) is 0 Å². The zero-order valence-corrected chi connectivity index (χ0v) is 24.5. The molecule has 0 radical (unpaired) electrons. The summed E-state index contributed by atoms with van der Waals surface area (Å²) in [6.07, 6.45) is 9.97. The SMILES string of the molecule is COc1ccc(NC(=O)C2[C@@H]3C=CC4(O3)C(C(=O)NC3CCCC(C)C3C)N(CCN3CCCCC3)C(=O)[C@H]24)cc1. The number of nitrogens with zero attached hydrogens (tertiary/aromatic N) is 2. The zero-order valence-electron chi connectivity index (χ0n) is 24.5. The van der Waals surface area contributed by atoms with E-state index >= 15 is 0 Å². The molecule has 8 atom stereocenters. The predicted molar refractivity (Wildman–Crippen MR) is 155 cm³/mol. The fourth-order valence-electron chi connectivity index (χ4n) is 7.89. The number of nitrogens with one attached hydrogen (secondary N) is 2. The minimum Gasteiger partial charge on any atom is -0.497 e. The molecule has 3 amide bonds. The second kappa shape index (κ2) is 11.4. The van der Waals surface area contributed by atoms with Gasteiger partial charge in [-0.3, -0.25) is 14.4 Å². The summed E-state index contributed by atoms with van der Waals surface area (Å²) in [6.45, 7) is 7.64. The molecule has 0 aromatic heterocycles. The van der Waals surface area contributed by atoms with Crippen molar-refractivity contribution in [1.82, 2.24) is 15.1 Å². The lowest BCUT2D eigenvalue weighted by Gasteiger charge is -2.38. The van der Waals surface area contributed by atoms with E-state index in [0.717, 1.165) is 38.8 Å². The molecule has 222 valence electrons. The van der Waals surface area contributed by atoms with Crippen LogP contribution in [0.5, 0.6) is 5.75 Å². The molecule has 3 saturated heterocycles. The topological polar surface area (TPSA) is 100 Å². The maximum absolute atomic E-state index is 14.2. The molecule has 4 heterocycles. The minimum absolute atomic E-state index is 0.0671. The average molecular weight is 565 g/mol. The zero-order chi connectivity index (χ0) is 28.7. The van der Waals surface area contributed by atoms with Gasteiger partial charge < -0.3 is 29.9 Å². The average Bonchev–Trinajstić information content (AvgIpc) is 3.62. The molecule has 1 spiro atoms. The number of benzene rings is 1. The van der Waals surface area contributed by atoms with Crippen molar-refractivity contribution < 1.29 is 23.9 Å². The molecule has 5 aliphatic rings. The highest BCUT2D eigenvalue weighted by molar-refractivity contribution is 6.02. The summed E-state index contributed by atoms with van der Waals surface area (Å²) >= 11 is 0. The molecule has 9 heteroatoms. The highest BCUT2D eigenvalue weighted by Gasteiger charge is 2.72. The lowest BCUT2D eigenvalue weighted by molar-refractivity contribution is -0.142. The number of piperidine rings is 1. The highest BCUT2D eigenvalue weighted by Crippen LogP contribution is 2.55. The summed E-state index contributed by atoms with van der Waals surface area (Å²) in [6, 6.07) is 6.39. The molecule has 6 rings (SSSR count). The van der Waals surface area contributed by atoms with Crippen LogP contribution >= 0.6 is 0 Å². The first-order valence-corrected chi connectivity index (χ1v) is 15.5. The van der Waals surface area contributed by atoms with Gasteiger partial charge in [-0.05, 0) is 68.5 Å².